The van der Waals surface area contributed by atoms with Crippen LogP contribution in [0, 0.1) is 17.0 Å². The maximum absolute atomic E-state index is 11.1. The highest BCUT2D eigenvalue weighted by Crippen LogP contribution is 2.28. The molecule has 2 heterocycles. The van der Waals surface area contributed by atoms with E-state index in [-0.39, 0.29) is 23.0 Å². The van der Waals surface area contributed by atoms with Crippen molar-refractivity contribution in [3.8, 4) is 5.88 Å². The molecule has 136 valence electrons. The molecular weight excluding hydrogens is 350 g/mol. The number of benzene rings is 1. The Morgan fingerprint density at radius 1 is 1.24 bits per heavy atom. The second kappa shape index (κ2) is 8.63. The highest BCUT2D eigenvalue weighted by Gasteiger charge is 2.23. The first-order valence-corrected chi connectivity index (χ1v) is 7.78. The molecule has 1 saturated heterocycles. The molecule has 0 atom stereocenters. The van der Waals surface area contributed by atoms with Gasteiger partial charge in [0, 0.05) is 38.8 Å². The van der Waals surface area contributed by atoms with E-state index in [1.54, 1.807) is 25.1 Å². The molecule has 25 heavy (non-hydrogen) atoms. The third-order valence-electron chi connectivity index (χ3n) is 4.05. The Bertz CT molecular complexity index is 703. The number of nitro benzene ring substituents is 1. The number of aromatic nitrogens is 2. The van der Waals surface area contributed by atoms with Gasteiger partial charge in [0.05, 0.1) is 4.92 Å². The highest BCUT2D eigenvalue weighted by molar-refractivity contribution is 5.63. The minimum Gasteiger partial charge on any atom is -1.00 e. The molecule has 1 aliphatic heterocycles. The lowest BCUT2D eigenvalue weighted by atomic mass is 10.2. The first kappa shape index (κ1) is 18.9. The van der Waals surface area contributed by atoms with Gasteiger partial charge in [-0.15, -0.1) is 0 Å². The summed E-state index contributed by atoms with van der Waals surface area (Å²) in [5, 5.41) is 18.5. The lowest BCUT2D eigenvalue weighted by Gasteiger charge is -2.35. The minimum atomic E-state index is -0.330. The normalized spacial score (nSPS) is 14.8. The fourth-order valence-corrected chi connectivity index (χ4v) is 2.72. The average molecular weight is 369 g/mol. The van der Waals surface area contributed by atoms with Crippen LogP contribution in [0.1, 0.15) is 5.69 Å². The molecule has 0 N–H and O–H groups in total. The van der Waals surface area contributed by atoms with Crippen LogP contribution >= 0.6 is 0 Å². The summed E-state index contributed by atoms with van der Waals surface area (Å²) in [5.74, 6) is 0.425. The molecule has 1 aromatic carbocycles. The van der Waals surface area contributed by atoms with Crippen LogP contribution in [0.15, 0.2) is 28.9 Å². The minimum absolute atomic E-state index is 0. The maximum Gasteiger partial charge on any atom is 0.292 e. The van der Waals surface area contributed by atoms with E-state index in [4.69, 9.17) is 4.74 Å². The monoisotopic (exact) mass is 368 g/mol. The molecule has 3 rings (SSSR count). The molecule has 0 amide bonds. The smallest absolute Gasteiger partial charge is 0.292 e. The van der Waals surface area contributed by atoms with Gasteiger partial charge in [0.25, 0.3) is 11.6 Å². The van der Waals surface area contributed by atoms with E-state index in [0.29, 0.717) is 23.9 Å². The molecule has 9 nitrogen and oxygen atoms in total. The van der Waals surface area contributed by atoms with Gasteiger partial charge in [-0.1, -0.05) is 17.3 Å². The zero-order valence-corrected chi connectivity index (χ0v) is 14.6. The lowest BCUT2D eigenvalue weighted by Crippen LogP contribution is -3.00. The molecule has 1 fully saturated rings. The summed E-state index contributed by atoms with van der Waals surface area (Å²) in [4.78, 5) is 15.1. The van der Waals surface area contributed by atoms with Gasteiger partial charge in [-0.2, -0.15) is 0 Å². The van der Waals surface area contributed by atoms with Gasteiger partial charge >= 0.3 is 0 Å². The molecule has 0 radical (unpaired) electrons. The number of ether oxygens (including phenoxy) is 1. The van der Waals surface area contributed by atoms with Crippen molar-refractivity contribution in [3.63, 3.8) is 0 Å². The van der Waals surface area contributed by atoms with Gasteiger partial charge in [-0.05, 0) is 18.1 Å². The van der Waals surface area contributed by atoms with Crippen molar-refractivity contribution in [2.24, 2.45) is 0 Å². The molecule has 0 unspecified atom stereocenters. The van der Waals surface area contributed by atoms with E-state index in [1.165, 1.54) is 0 Å². The van der Waals surface area contributed by atoms with Crippen LogP contribution < -0.4 is 22.0 Å². The quantitative estimate of drug-likeness (QED) is 0.448. The molecule has 0 saturated carbocycles. The van der Waals surface area contributed by atoms with Crippen LogP contribution in [0.2, 0.25) is 0 Å². The number of para-hydroxylation sites is 2. The first-order valence-electron chi connectivity index (χ1n) is 7.78. The number of nitro groups is 1. The van der Waals surface area contributed by atoms with Crippen LogP contribution in [-0.4, -0.2) is 59.5 Å². The number of piperazine rings is 1. The van der Waals surface area contributed by atoms with Crippen molar-refractivity contribution < 1.29 is 26.7 Å². The van der Waals surface area contributed by atoms with E-state index >= 15 is 0 Å². The van der Waals surface area contributed by atoms with Crippen molar-refractivity contribution >= 4 is 11.4 Å². The average Bonchev–Trinajstić information content (AvgIpc) is 3.01. The largest absolute Gasteiger partial charge is 1.00 e. The Kier molecular flexibility index (Phi) is 6.54. The third-order valence-corrected chi connectivity index (χ3v) is 4.05. The van der Waals surface area contributed by atoms with Gasteiger partial charge in [-0.3, -0.25) is 15.0 Å². The van der Waals surface area contributed by atoms with Crippen LogP contribution in [0.4, 0.5) is 11.4 Å². The second-order valence-corrected chi connectivity index (χ2v) is 5.58. The molecule has 1 aliphatic rings. The number of halogens is 1. The van der Waals surface area contributed by atoms with E-state index in [2.05, 4.69) is 24.7 Å². The predicted octanol–water partition coefficient (Wildman–Crippen LogP) is -1.51. The Morgan fingerprint density at radius 3 is 2.60 bits per heavy atom. The number of aryl methyl sites for hydroxylation is 1. The maximum atomic E-state index is 11.1. The summed E-state index contributed by atoms with van der Waals surface area (Å²) >= 11 is 0. The van der Waals surface area contributed by atoms with Gasteiger partial charge in [0.15, 0.2) is 0 Å². The summed E-state index contributed by atoms with van der Waals surface area (Å²) in [7, 11) is 0. The first-order chi connectivity index (χ1) is 11.6. The molecule has 10 heteroatoms. The summed E-state index contributed by atoms with van der Waals surface area (Å²) in [6.07, 6.45) is 0. The predicted molar refractivity (Wildman–Crippen MR) is 86.3 cm³/mol. The highest BCUT2D eigenvalue weighted by atomic mass is 35.5. The van der Waals surface area contributed by atoms with Crippen molar-refractivity contribution in [1.82, 2.24) is 15.2 Å². The molecule has 0 bridgehead atoms. The zero-order valence-electron chi connectivity index (χ0n) is 13.8. The third kappa shape index (κ3) is 4.58. The Hall–Kier alpha value is -2.39. The van der Waals surface area contributed by atoms with Crippen molar-refractivity contribution in [2.45, 2.75) is 6.92 Å². The van der Waals surface area contributed by atoms with E-state index in [9.17, 15) is 10.1 Å². The van der Waals surface area contributed by atoms with Gasteiger partial charge in [0.2, 0.25) is 0 Å². The Morgan fingerprint density at radius 2 is 1.96 bits per heavy atom. The van der Waals surface area contributed by atoms with Gasteiger partial charge in [0.1, 0.15) is 18.0 Å². The Balaban J connectivity index is 0.00000225. The van der Waals surface area contributed by atoms with Crippen LogP contribution in [-0.2, 0) is 0 Å². The SMILES string of the molecule is Cc1nonc1OCCN1CCN(c2ccccc2[N+](=O)[O-])CC1.[Cl-]. The number of nitrogens with zero attached hydrogens (tertiary/aromatic N) is 5. The second-order valence-electron chi connectivity index (χ2n) is 5.58. The molecule has 2 aromatic rings. The standard InChI is InChI=1S/C15H19N5O4.ClH/c1-12-15(17-24-16-12)23-11-10-18-6-8-19(9-7-18)13-4-2-3-5-14(13)20(21)22;/h2-5H,6-11H2,1H3;1H/p-1. The van der Waals surface area contributed by atoms with Crippen molar-refractivity contribution in [3.05, 3.63) is 40.1 Å². The number of anilines is 1. The lowest BCUT2D eigenvalue weighted by molar-refractivity contribution is -0.384. The van der Waals surface area contributed by atoms with Crippen molar-refractivity contribution in [2.75, 3.05) is 44.2 Å². The zero-order chi connectivity index (χ0) is 16.9. The van der Waals surface area contributed by atoms with Crippen molar-refractivity contribution in [1.29, 1.82) is 0 Å². The molecule has 0 aliphatic carbocycles. The van der Waals surface area contributed by atoms with Crippen LogP contribution in [0.3, 0.4) is 0 Å². The van der Waals surface area contributed by atoms with Crippen LogP contribution in [0.5, 0.6) is 5.88 Å². The van der Waals surface area contributed by atoms with Gasteiger partial charge < -0.3 is 22.0 Å². The Labute approximate surface area is 151 Å². The van der Waals surface area contributed by atoms with E-state index in [0.717, 1.165) is 32.7 Å². The van der Waals surface area contributed by atoms with E-state index < -0.39 is 0 Å². The molecule has 1 aromatic heterocycles. The summed E-state index contributed by atoms with van der Waals surface area (Å²) in [6, 6.07) is 6.87. The van der Waals surface area contributed by atoms with E-state index in [1.807, 2.05) is 6.07 Å². The topological polar surface area (TPSA) is 97.8 Å². The van der Waals surface area contributed by atoms with Gasteiger partial charge in [-0.25, -0.2) is 4.63 Å². The number of hydrogen-bond acceptors (Lipinski definition) is 8. The molecular formula is C15H19ClN5O4-. The number of rotatable bonds is 6. The summed E-state index contributed by atoms with van der Waals surface area (Å²) < 4.78 is 10.1. The number of hydrogen-bond donors (Lipinski definition) is 0. The summed E-state index contributed by atoms with van der Waals surface area (Å²) in [6.45, 7) is 6.18. The molecule has 0 spiro atoms. The fourth-order valence-electron chi connectivity index (χ4n) is 2.72. The summed E-state index contributed by atoms with van der Waals surface area (Å²) in [5.41, 5.74) is 1.47. The fraction of sp³-hybridized carbons (Fsp3) is 0.467. The van der Waals surface area contributed by atoms with Crippen LogP contribution in [0.25, 0.3) is 0 Å².